The molecule has 0 aliphatic heterocycles. The zero-order chi connectivity index (χ0) is 18.8. The second-order valence-electron chi connectivity index (χ2n) is 5.14. The average Bonchev–Trinajstić information content (AvgIpc) is 2.52. The minimum absolute atomic E-state index is 0.375. The normalized spacial score (nSPS) is 13.5. The van der Waals surface area contributed by atoms with Gasteiger partial charge in [0.1, 0.15) is 7.80 Å². The molecule has 0 aromatic heterocycles. The number of carbonyl (C=O) groups is 1. The number of hydrogen-bond donors (Lipinski definition) is 0. The van der Waals surface area contributed by atoms with E-state index in [1.165, 1.54) is 12.1 Å². The van der Waals surface area contributed by atoms with E-state index in [0.29, 0.717) is 23.8 Å². The molecule has 9 heteroatoms. The summed E-state index contributed by atoms with van der Waals surface area (Å²) in [6, 6.07) is 9.02. The molecule has 25 heavy (non-hydrogen) atoms. The molecule has 2 nitrogen and oxygen atoms in total. The molecule has 0 heterocycles. The quantitative estimate of drug-likeness (QED) is 0.509. The van der Waals surface area contributed by atoms with Gasteiger partial charge >= 0.3 is 12.4 Å². The van der Waals surface area contributed by atoms with Crippen molar-refractivity contribution in [1.29, 1.82) is 0 Å². The van der Waals surface area contributed by atoms with E-state index in [-0.39, 0.29) is 0 Å². The Bertz CT molecular complexity index is 764. The molecule has 0 spiro atoms. The average molecular weight is 380 g/mol. The molecular formula is C16H11F6O2P. The second-order valence-corrected chi connectivity index (χ2v) is 6.79. The van der Waals surface area contributed by atoms with Crippen molar-refractivity contribution in [2.24, 2.45) is 0 Å². The third-order valence-corrected chi connectivity index (χ3v) is 4.85. The Labute approximate surface area is 139 Å². The standard InChI is InChI=1S/C16H11F6O2P/c17-15(18,19)11-7-4-8-12(16(20,21)22)13(11)14(23)25(24)9-10-5-2-1-3-6-10/h1-8,25H,9H2. The minimum atomic E-state index is -5.18. The maximum Gasteiger partial charge on any atom is 0.417 e. The van der Waals surface area contributed by atoms with Gasteiger partial charge in [-0.05, 0) is 17.7 Å². The highest BCUT2D eigenvalue weighted by atomic mass is 31.1. The molecule has 0 saturated heterocycles. The lowest BCUT2D eigenvalue weighted by Gasteiger charge is -2.17. The third-order valence-electron chi connectivity index (χ3n) is 3.36. The molecule has 0 radical (unpaired) electrons. The van der Waals surface area contributed by atoms with E-state index >= 15 is 0 Å². The number of alkyl halides is 6. The summed E-state index contributed by atoms with van der Waals surface area (Å²) in [5.74, 6) is 0. The van der Waals surface area contributed by atoms with Gasteiger partial charge in [-0.1, -0.05) is 36.4 Å². The Morgan fingerprint density at radius 1 is 0.800 bits per heavy atom. The van der Waals surface area contributed by atoms with Crippen molar-refractivity contribution in [2.45, 2.75) is 18.5 Å². The second kappa shape index (κ2) is 7.04. The van der Waals surface area contributed by atoms with Crippen molar-refractivity contribution in [1.82, 2.24) is 0 Å². The monoisotopic (exact) mass is 380 g/mol. The van der Waals surface area contributed by atoms with Crippen LogP contribution in [0, 0.1) is 0 Å². The van der Waals surface area contributed by atoms with Crippen LogP contribution in [0.1, 0.15) is 27.0 Å². The summed E-state index contributed by atoms with van der Waals surface area (Å²) in [5, 5.41) is 0. The topological polar surface area (TPSA) is 34.1 Å². The molecule has 2 rings (SSSR count). The van der Waals surface area contributed by atoms with Crippen molar-refractivity contribution in [3.63, 3.8) is 0 Å². The molecule has 0 saturated carbocycles. The number of rotatable bonds is 4. The van der Waals surface area contributed by atoms with E-state index in [1.807, 2.05) is 0 Å². The van der Waals surface area contributed by atoms with Gasteiger partial charge in [0, 0.05) is 11.7 Å². The first-order valence-corrected chi connectivity index (χ1v) is 8.52. The van der Waals surface area contributed by atoms with Crippen LogP contribution in [0.4, 0.5) is 26.3 Å². The summed E-state index contributed by atoms with van der Waals surface area (Å²) >= 11 is 0. The summed E-state index contributed by atoms with van der Waals surface area (Å²) in [6.45, 7) is 0. The summed E-state index contributed by atoms with van der Waals surface area (Å²) in [5.41, 5.74) is -6.30. The van der Waals surface area contributed by atoms with Crippen LogP contribution in [-0.2, 0) is 23.1 Å². The maximum atomic E-state index is 13.1. The van der Waals surface area contributed by atoms with E-state index < -0.39 is 48.5 Å². The van der Waals surface area contributed by atoms with Crippen LogP contribution in [0.25, 0.3) is 0 Å². The molecule has 0 aliphatic rings. The lowest BCUT2D eigenvalue weighted by molar-refractivity contribution is -0.143. The third kappa shape index (κ3) is 4.51. The first kappa shape index (κ1) is 19.2. The van der Waals surface area contributed by atoms with Gasteiger partial charge < -0.3 is 4.57 Å². The van der Waals surface area contributed by atoms with Crippen molar-refractivity contribution < 1.29 is 35.7 Å². The van der Waals surface area contributed by atoms with Crippen LogP contribution in [0.2, 0.25) is 0 Å². The van der Waals surface area contributed by atoms with Gasteiger partial charge in [0.05, 0.1) is 11.1 Å². The lowest BCUT2D eigenvalue weighted by atomic mass is 10.0. The zero-order valence-corrected chi connectivity index (χ0v) is 13.4. The fourth-order valence-electron chi connectivity index (χ4n) is 2.27. The van der Waals surface area contributed by atoms with Gasteiger partial charge in [0.25, 0.3) is 0 Å². The molecule has 0 bridgehead atoms. The molecule has 2 aromatic carbocycles. The molecule has 0 amide bonds. The van der Waals surface area contributed by atoms with E-state index in [4.69, 9.17) is 0 Å². The highest BCUT2D eigenvalue weighted by molar-refractivity contribution is 7.63. The number of carbonyl (C=O) groups excluding carboxylic acids is 1. The summed E-state index contributed by atoms with van der Waals surface area (Å²) in [7, 11) is -3.42. The largest absolute Gasteiger partial charge is 0.417 e. The first-order valence-electron chi connectivity index (χ1n) is 6.90. The van der Waals surface area contributed by atoms with Crippen molar-refractivity contribution in [3.05, 3.63) is 70.8 Å². The van der Waals surface area contributed by atoms with Gasteiger partial charge in [-0.2, -0.15) is 26.3 Å². The van der Waals surface area contributed by atoms with E-state index in [9.17, 15) is 35.7 Å². The molecular weight excluding hydrogens is 369 g/mol. The summed E-state index contributed by atoms with van der Waals surface area (Å²) in [4.78, 5) is 12.2. The summed E-state index contributed by atoms with van der Waals surface area (Å²) < 4.78 is 90.5. The first-order chi connectivity index (χ1) is 11.5. The fraction of sp³-hybridized carbons (Fsp3) is 0.188. The zero-order valence-electron chi connectivity index (χ0n) is 12.4. The van der Waals surface area contributed by atoms with E-state index in [1.54, 1.807) is 18.2 Å². The number of hydrogen-bond acceptors (Lipinski definition) is 2. The van der Waals surface area contributed by atoms with Crippen molar-refractivity contribution in [3.8, 4) is 0 Å². The SMILES string of the molecule is O=C(c1c(C(F)(F)F)cccc1C(F)(F)F)[PH](=O)Cc1ccccc1. The van der Waals surface area contributed by atoms with Gasteiger partial charge in [-0.15, -0.1) is 0 Å². The lowest BCUT2D eigenvalue weighted by Crippen LogP contribution is -2.19. The molecule has 2 aromatic rings. The van der Waals surface area contributed by atoms with Crippen molar-refractivity contribution in [2.75, 3.05) is 0 Å². The Hall–Kier alpha value is -2.08. The molecule has 0 N–H and O–H groups in total. The predicted molar refractivity (Wildman–Crippen MR) is 79.9 cm³/mol. The Balaban J connectivity index is 2.52. The maximum absolute atomic E-state index is 13.1. The molecule has 134 valence electrons. The predicted octanol–water partition coefficient (Wildman–Crippen LogP) is 5.62. The Kier molecular flexibility index (Phi) is 5.42. The number of benzene rings is 2. The van der Waals surface area contributed by atoms with Crippen LogP contribution in [0.3, 0.4) is 0 Å². The van der Waals surface area contributed by atoms with Crippen molar-refractivity contribution >= 4 is 13.3 Å². The van der Waals surface area contributed by atoms with Crippen LogP contribution in [0.5, 0.6) is 0 Å². The summed E-state index contributed by atoms with van der Waals surface area (Å²) in [6.07, 6.45) is -10.8. The molecule has 0 aliphatic carbocycles. The molecule has 0 fully saturated rings. The van der Waals surface area contributed by atoms with Gasteiger partial charge in [-0.25, -0.2) is 0 Å². The Morgan fingerprint density at radius 3 is 1.72 bits per heavy atom. The molecule has 1 unspecified atom stereocenters. The van der Waals surface area contributed by atoms with Crippen LogP contribution >= 0.6 is 7.80 Å². The van der Waals surface area contributed by atoms with Crippen LogP contribution < -0.4 is 0 Å². The fourth-order valence-corrected chi connectivity index (χ4v) is 3.59. The van der Waals surface area contributed by atoms with Crippen LogP contribution in [-0.4, -0.2) is 5.52 Å². The minimum Gasteiger partial charge on any atom is -0.318 e. The highest BCUT2D eigenvalue weighted by Gasteiger charge is 2.43. The van der Waals surface area contributed by atoms with Crippen LogP contribution in [0.15, 0.2) is 48.5 Å². The van der Waals surface area contributed by atoms with Gasteiger partial charge in [0.2, 0.25) is 5.52 Å². The smallest absolute Gasteiger partial charge is 0.318 e. The number of halogens is 6. The van der Waals surface area contributed by atoms with Gasteiger partial charge in [-0.3, -0.25) is 4.79 Å². The highest BCUT2D eigenvalue weighted by Crippen LogP contribution is 2.43. The van der Waals surface area contributed by atoms with Gasteiger partial charge in [0.15, 0.2) is 0 Å². The Morgan fingerprint density at radius 2 is 1.28 bits per heavy atom. The van der Waals surface area contributed by atoms with E-state index in [2.05, 4.69) is 0 Å². The van der Waals surface area contributed by atoms with E-state index in [0.717, 1.165) is 0 Å². The molecule has 1 atom stereocenters.